The average Bonchev–Trinajstić information content (AvgIpc) is 2.46. The standard InChI is InChI=1S/C16H22N2O2/c1-5-7-11-8-13(17-6-2)16-14(18-11)9-12(19-3)10-15(16)20-4/h8-10H,5-7H2,1-4H3,(H,17,18). The number of nitrogens with zero attached hydrogens (tertiary/aromatic N) is 1. The predicted octanol–water partition coefficient (Wildman–Crippen LogP) is 3.64. The molecule has 1 aromatic carbocycles. The van der Waals surface area contributed by atoms with Gasteiger partial charge in [0.2, 0.25) is 0 Å². The Balaban J connectivity index is 2.70. The first-order valence-electron chi connectivity index (χ1n) is 7.03. The van der Waals surface area contributed by atoms with E-state index in [1.807, 2.05) is 12.1 Å². The molecule has 1 heterocycles. The molecule has 0 radical (unpaired) electrons. The molecule has 0 saturated heterocycles. The van der Waals surface area contributed by atoms with Crippen LogP contribution < -0.4 is 14.8 Å². The van der Waals surface area contributed by atoms with Gasteiger partial charge in [-0.05, 0) is 19.4 Å². The van der Waals surface area contributed by atoms with Crippen molar-refractivity contribution >= 4 is 16.6 Å². The van der Waals surface area contributed by atoms with Crippen LogP contribution in [-0.4, -0.2) is 25.7 Å². The minimum absolute atomic E-state index is 0.762. The SMILES string of the molecule is CCCc1cc(NCC)c2c(OC)cc(OC)cc2n1. The minimum atomic E-state index is 0.762. The summed E-state index contributed by atoms with van der Waals surface area (Å²) in [5.74, 6) is 1.55. The molecule has 2 aromatic rings. The molecule has 0 amide bonds. The van der Waals surface area contributed by atoms with E-state index in [0.29, 0.717) is 0 Å². The summed E-state index contributed by atoms with van der Waals surface area (Å²) >= 11 is 0. The van der Waals surface area contributed by atoms with E-state index >= 15 is 0 Å². The van der Waals surface area contributed by atoms with Gasteiger partial charge in [0, 0.05) is 30.1 Å². The van der Waals surface area contributed by atoms with E-state index in [4.69, 9.17) is 14.5 Å². The monoisotopic (exact) mass is 274 g/mol. The number of aryl methyl sites for hydroxylation is 1. The van der Waals surface area contributed by atoms with Crippen molar-refractivity contribution in [3.8, 4) is 11.5 Å². The summed E-state index contributed by atoms with van der Waals surface area (Å²) in [7, 11) is 3.32. The molecule has 0 bridgehead atoms. The van der Waals surface area contributed by atoms with Crippen LogP contribution >= 0.6 is 0 Å². The van der Waals surface area contributed by atoms with E-state index in [1.54, 1.807) is 14.2 Å². The first-order chi connectivity index (χ1) is 9.73. The van der Waals surface area contributed by atoms with Crippen LogP contribution in [0.4, 0.5) is 5.69 Å². The number of methoxy groups -OCH3 is 2. The van der Waals surface area contributed by atoms with Gasteiger partial charge in [0.15, 0.2) is 0 Å². The Morgan fingerprint density at radius 1 is 1.10 bits per heavy atom. The van der Waals surface area contributed by atoms with Crippen molar-refractivity contribution in [2.75, 3.05) is 26.1 Å². The Morgan fingerprint density at radius 2 is 1.90 bits per heavy atom. The Labute approximate surface area is 120 Å². The number of fused-ring (bicyclic) bond motifs is 1. The third-order valence-electron chi connectivity index (χ3n) is 3.23. The van der Waals surface area contributed by atoms with E-state index < -0.39 is 0 Å². The highest BCUT2D eigenvalue weighted by molar-refractivity contribution is 5.97. The summed E-state index contributed by atoms with van der Waals surface area (Å²) in [4.78, 5) is 4.73. The third-order valence-corrected chi connectivity index (χ3v) is 3.23. The molecule has 0 aliphatic heterocycles. The maximum atomic E-state index is 5.50. The van der Waals surface area contributed by atoms with Gasteiger partial charge in [-0.15, -0.1) is 0 Å². The molecule has 0 aliphatic rings. The van der Waals surface area contributed by atoms with Crippen molar-refractivity contribution < 1.29 is 9.47 Å². The van der Waals surface area contributed by atoms with Crippen molar-refractivity contribution in [3.63, 3.8) is 0 Å². The number of anilines is 1. The highest BCUT2D eigenvalue weighted by Gasteiger charge is 2.12. The lowest BCUT2D eigenvalue weighted by atomic mass is 10.1. The summed E-state index contributed by atoms with van der Waals surface area (Å²) < 4.78 is 10.8. The van der Waals surface area contributed by atoms with Crippen molar-refractivity contribution in [3.05, 3.63) is 23.9 Å². The van der Waals surface area contributed by atoms with E-state index in [2.05, 4.69) is 25.2 Å². The molecule has 0 spiro atoms. The van der Waals surface area contributed by atoms with E-state index in [0.717, 1.165) is 53.2 Å². The van der Waals surface area contributed by atoms with Gasteiger partial charge < -0.3 is 14.8 Å². The topological polar surface area (TPSA) is 43.4 Å². The summed E-state index contributed by atoms with van der Waals surface area (Å²) in [5.41, 5.74) is 3.06. The Kier molecular flexibility index (Phi) is 4.66. The van der Waals surface area contributed by atoms with Crippen molar-refractivity contribution in [2.45, 2.75) is 26.7 Å². The zero-order valence-corrected chi connectivity index (χ0v) is 12.6. The highest BCUT2D eigenvalue weighted by atomic mass is 16.5. The normalized spacial score (nSPS) is 10.6. The molecule has 0 fully saturated rings. The second-order valence-corrected chi connectivity index (χ2v) is 4.67. The second-order valence-electron chi connectivity index (χ2n) is 4.67. The third kappa shape index (κ3) is 2.79. The molecular weight excluding hydrogens is 252 g/mol. The van der Waals surface area contributed by atoms with Crippen LogP contribution in [0.15, 0.2) is 18.2 Å². The van der Waals surface area contributed by atoms with Gasteiger partial charge in [0.05, 0.1) is 25.1 Å². The van der Waals surface area contributed by atoms with E-state index in [-0.39, 0.29) is 0 Å². The number of ether oxygens (including phenoxy) is 2. The van der Waals surface area contributed by atoms with Crippen LogP contribution in [0.5, 0.6) is 11.5 Å². The zero-order valence-electron chi connectivity index (χ0n) is 12.6. The summed E-state index contributed by atoms with van der Waals surface area (Å²) in [6, 6.07) is 5.96. The van der Waals surface area contributed by atoms with Gasteiger partial charge in [0.1, 0.15) is 11.5 Å². The average molecular weight is 274 g/mol. The van der Waals surface area contributed by atoms with Crippen LogP contribution in [0, 0.1) is 0 Å². The molecule has 2 rings (SSSR count). The van der Waals surface area contributed by atoms with Crippen molar-refractivity contribution in [2.24, 2.45) is 0 Å². The Hall–Kier alpha value is -1.97. The molecule has 1 aromatic heterocycles. The lowest BCUT2D eigenvalue weighted by Gasteiger charge is -2.14. The largest absolute Gasteiger partial charge is 0.497 e. The number of hydrogen-bond acceptors (Lipinski definition) is 4. The molecular formula is C16H22N2O2. The predicted molar refractivity (Wildman–Crippen MR) is 83.0 cm³/mol. The molecule has 0 atom stereocenters. The van der Waals surface area contributed by atoms with Gasteiger partial charge in [-0.25, -0.2) is 0 Å². The molecule has 0 unspecified atom stereocenters. The second kappa shape index (κ2) is 6.46. The highest BCUT2D eigenvalue weighted by Crippen LogP contribution is 2.35. The molecule has 4 heteroatoms. The number of hydrogen-bond donors (Lipinski definition) is 1. The lowest BCUT2D eigenvalue weighted by molar-refractivity contribution is 0.398. The van der Waals surface area contributed by atoms with E-state index in [1.165, 1.54) is 0 Å². The number of nitrogens with one attached hydrogen (secondary N) is 1. The van der Waals surface area contributed by atoms with Crippen molar-refractivity contribution in [1.29, 1.82) is 0 Å². The number of aromatic nitrogens is 1. The van der Waals surface area contributed by atoms with Crippen LogP contribution in [-0.2, 0) is 6.42 Å². The first kappa shape index (κ1) is 14.4. The van der Waals surface area contributed by atoms with Crippen LogP contribution in [0.25, 0.3) is 10.9 Å². The van der Waals surface area contributed by atoms with Gasteiger partial charge in [-0.2, -0.15) is 0 Å². The smallest absolute Gasteiger partial charge is 0.134 e. The van der Waals surface area contributed by atoms with Gasteiger partial charge in [-0.1, -0.05) is 13.3 Å². The van der Waals surface area contributed by atoms with Gasteiger partial charge >= 0.3 is 0 Å². The first-order valence-corrected chi connectivity index (χ1v) is 7.03. The quantitative estimate of drug-likeness (QED) is 0.873. The fraction of sp³-hybridized carbons (Fsp3) is 0.438. The molecule has 1 N–H and O–H groups in total. The van der Waals surface area contributed by atoms with Crippen LogP contribution in [0.2, 0.25) is 0 Å². The van der Waals surface area contributed by atoms with Gasteiger partial charge in [-0.3, -0.25) is 4.98 Å². The Bertz CT molecular complexity index is 597. The molecule has 4 nitrogen and oxygen atoms in total. The Morgan fingerprint density at radius 3 is 2.50 bits per heavy atom. The number of benzene rings is 1. The number of rotatable bonds is 6. The fourth-order valence-corrected chi connectivity index (χ4v) is 2.35. The van der Waals surface area contributed by atoms with Crippen molar-refractivity contribution in [1.82, 2.24) is 4.98 Å². The van der Waals surface area contributed by atoms with Gasteiger partial charge in [0.25, 0.3) is 0 Å². The molecule has 0 saturated carbocycles. The van der Waals surface area contributed by atoms with Crippen LogP contribution in [0.1, 0.15) is 26.0 Å². The summed E-state index contributed by atoms with van der Waals surface area (Å²) in [6.07, 6.45) is 2.04. The van der Waals surface area contributed by atoms with Crippen LogP contribution in [0.3, 0.4) is 0 Å². The zero-order chi connectivity index (χ0) is 14.5. The maximum Gasteiger partial charge on any atom is 0.134 e. The van der Waals surface area contributed by atoms with E-state index in [9.17, 15) is 0 Å². The molecule has 20 heavy (non-hydrogen) atoms. The summed E-state index contributed by atoms with van der Waals surface area (Å²) in [5, 5.41) is 4.41. The summed E-state index contributed by atoms with van der Waals surface area (Å²) in [6.45, 7) is 5.10. The molecule has 0 aliphatic carbocycles. The molecule has 108 valence electrons. The number of pyridine rings is 1. The lowest BCUT2D eigenvalue weighted by Crippen LogP contribution is -2.02. The maximum absolute atomic E-state index is 5.50. The fourth-order valence-electron chi connectivity index (χ4n) is 2.35. The minimum Gasteiger partial charge on any atom is -0.497 e.